The van der Waals surface area contributed by atoms with Gasteiger partial charge in [-0.05, 0) is 30.5 Å². The van der Waals surface area contributed by atoms with Crippen LogP contribution in [0.15, 0.2) is 24.5 Å². The van der Waals surface area contributed by atoms with E-state index in [1.165, 1.54) is 0 Å². The van der Waals surface area contributed by atoms with E-state index in [0.29, 0.717) is 19.4 Å². The van der Waals surface area contributed by atoms with E-state index in [2.05, 4.69) is 4.98 Å². The topological polar surface area (TPSA) is 50.3 Å². The number of hydrogen-bond donors (Lipinski definition) is 0. The number of ketones is 1. The summed E-state index contributed by atoms with van der Waals surface area (Å²) in [4.78, 5) is 29.6. The smallest absolute Gasteiger partial charge is 0.223 e. The van der Waals surface area contributed by atoms with Gasteiger partial charge in [-0.25, -0.2) is 0 Å². The maximum Gasteiger partial charge on any atom is 0.223 e. The molecule has 0 atom stereocenters. The molecule has 0 unspecified atom stereocenters. The first-order chi connectivity index (χ1) is 8.99. The molecule has 19 heavy (non-hydrogen) atoms. The summed E-state index contributed by atoms with van der Waals surface area (Å²) < 4.78 is 0. The van der Waals surface area contributed by atoms with Crippen LogP contribution < -0.4 is 0 Å². The first kappa shape index (κ1) is 13.7. The normalized spacial score (nSPS) is 18.4. The molecule has 4 nitrogen and oxygen atoms in total. The third-order valence-electron chi connectivity index (χ3n) is 3.83. The molecule has 0 N–H and O–H groups in total. The van der Waals surface area contributed by atoms with E-state index >= 15 is 0 Å². The van der Waals surface area contributed by atoms with Crippen molar-refractivity contribution in [3.63, 3.8) is 0 Å². The molecular weight excluding hydrogens is 240 g/mol. The predicted molar refractivity (Wildman–Crippen MR) is 72.5 cm³/mol. The second-order valence-corrected chi connectivity index (χ2v) is 5.73. The molecule has 0 bridgehead atoms. The highest BCUT2D eigenvalue weighted by Crippen LogP contribution is 2.27. The molecule has 2 heterocycles. The predicted octanol–water partition coefficient (Wildman–Crippen LogP) is 1.84. The highest BCUT2D eigenvalue weighted by molar-refractivity contribution is 5.90. The number of rotatable bonds is 3. The molecule has 0 spiro atoms. The van der Waals surface area contributed by atoms with Gasteiger partial charge in [-0.15, -0.1) is 0 Å². The summed E-state index contributed by atoms with van der Waals surface area (Å²) in [6, 6.07) is 3.83. The molecule has 0 radical (unpaired) electrons. The Balaban J connectivity index is 1.86. The van der Waals surface area contributed by atoms with Crippen molar-refractivity contribution in [3.05, 3.63) is 30.1 Å². The second-order valence-electron chi connectivity index (χ2n) is 5.73. The number of hydrogen-bond acceptors (Lipinski definition) is 3. The lowest BCUT2D eigenvalue weighted by atomic mass is 9.81. The molecule has 1 aliphatic heterocycles. The number of nitrogens with zero attached hydrogens (tertiary/aromatic N) is 2. The average molecular weight is 260 g/mol. The Morgan fingerprint density at radius 3 is 2.68 bits per heavy atom. The monoisotopic (exact) mass is 260 g/mol. The zero-order chi connectivity index (χ0) is 13.9. The molecule has 1 aliphatic rings. The van der Waals surface area contributed by atoms with E-state index in [1.807, 2.05) is 26.0 Å². The summed E-state index contributed by atoms with van der Waals surface area (Å²) in [6.45, 7) is 4.86. The summed E-state index contributed by atoms with van der Waals surface area (Å²) in [5.74, 6) is 0.233. The van der Waals surface area contributed by atoms with Crippen LogP contribution in [0.25, 0.3) is 0 Å². The lowest BCUT2D eigenvalue weighted by Crippen LogP contribution is -2.47. The highest BCUT2D eigenvalue weighted by atomic mass is 16.2. The standard InChI is InChI=1S/C15H20N2O2/c1-15(2)7-10-17(11-13(15)18)14(19)4-3-12-5-8-16-9-6-12/h5-6,8-9H,3-4,7,10-11H2,1-2H3. The fourth-order valence-electron chi connectivity index (χ4n) is 2.19. The summed E-state index contributed by atoms with van der Waals surface area (Å²) in [7, 11) is 0. The van der Waals surface area contributed by atoms with Gasteiger partial charge >= 0.3 is 0 Å². The number of likely N-dealkylation sites (tertiary alicyclic amines) is 1. The SMILES string of the molecule is CC1(C)CCN(C(=O)CCc2ccncc2)CC1=O. The van der Waals surface area contributed by atoms with Gasteiger partial charge in [-0.2, -0.15) is 0 Å². The number of aromatic nitrogens is 1. The van der Waals surface area contributed by atoms with Gasteiger partial charge in [-0.3, -0.25) is 14.6 Å². The van der Waals surface area contributed by atoms with Crippen molar-refractivity contribution >= 4 is 11.7 Å². The van der Waals surface area contributed by atoms with Crippen molar-refractivity contribution in [1.82, 2.24) is 9.88 Å². The number of aryl methyl sites for hydroxylation is 1. The van der Waals surface area contributed by atoms with Crippen molar-refractivity contribution in [2.45, 2.75) is 33.1 Å². The van der Waals surface area contributed by atoms with Gasteiger partial charge in [0.15, 0.2) is 5.78 Å². The fraction of sp³-hybridized carbons (Fsp3) is 0.533. The van der Waals surface area contributed by atoms with E-state index in [-0.39, 0.29) is 23.7 Å². The quantitative estimate of drug-likeness (QED) is 0.833. The number of pyridine rings is 1. The van der Waals surface area contributed by atoms with Crippen LogP contribution in [0.3, 0.4) is 0 Å². The van der Waals surface area contributed by atoms with Crippen LogP contribution in [0.1, 0.15) is 32.3 Å². The van der Waals surface area contributed by atoms with E-state index in [9.17, 15) is 9.59 Å². The maximum absolute atomic E-state index is 12.1. The van der Waals surface area contributed by atoms with Crippen LogP contribution in [0.4, 0.5) is 0 Å². The van der Waals surface area contributed by atoms with Crippen molar-refractivity contribution in [2.75, 3.05) is 13.1 Å². The Bertz CT molecular complexity index is 468. The summed E-state index contributed by atoms with van der Waals surface area (Å²) >= 11 is 0. The Kier molecular flexibility index (Phi) is 3.98. The minimum Gasteiger partial charge on any atom is -0.335 e. The van der Waals surface area contributed by atoms with E-state index in [0.717, 1.165) is 12.0 Å². The molecule has 0 aromatic carbocycles. The number of Topliss-reactive ketones (excluding diaryl/α,β-unsaturated/α-hetero) is 1. The lowest BCUT2D eigenvalue weighted by molar-refractivity contribution is -0.142. The van der Waals surface area contributed by atoms with Gasteiger partial charge in [0.25, 0.3) is 0 Å². The minimum absolute atomic E-state index is 0.0701. The third kappa shape index (κ3) is 3.40. The molecule has 1 amide bonds. The minimum atomic E-state index is -0.276. The fourth-order valence-corrected chi connectivity index (χ4v) is 2.19. The van der Waals surface area contributed by atoms with Gasteiger partial charge in [0.1, 0.15) is 0 Å². The summed E-state index contributed by atoms with van der Waals surface area (Å²) in [5, 5.41) is 0. The van der Waals surface area contributed by atoms with Gasteiger partial charge in [0, 0.05) is 30.8 Å². The first-order valence-electron chi connectivity index (χ1n) is 6.69. The lowest BCUT2D eigenvalue weighted by Gasteiger charge is -2.35. The zero-order valence-electron chi connectivity index (χ0n) is 11.6. The summed E-state index contributed by atoms with van der Waals surface area (Å²) in [6.07, 6.45) is 5.37. The zero-order valence-corrected chi connectivity index (χ0v) is 11.6. The van der Waals surface area contributed by atoms with Crippen molar-refractivity contribution in [3.8, 4) is 0 Å². The van der Waals surface area contributed by atoms with E-state index in [4.69, 9.17) is 0 Å². The Hall–Kier alpha value is -1.71. The molecule has 0 aliphatic carbocycles. The van der Waals surface area contributed by atoms with E-state index in [1.54, 1.807) is 17.3 Å². The molecule has 4 heteroatoms. The number of piperidine rings is 1. The first-order valence-corrected chi connectivity index (χ1v) is 6.69. The molecule has 0 saturated carbocycles. The maximum atomic E-state index is 12.1. The molecule has 1 aromatic heterocycles. The molecule has 2 rings (SSSR count). The number of amides is 1. The summed E-state index contributed by atoms with van der Waals surface area (Å²) in [5.41, 5.74) is 0.828. The van der Waals surface area contributed by atoms with Crippen LogP contribution in [0.2, 0.25) is 0 Å². The Morgan fingerprint density at radius 1 is 1.37 bits per heavy atom. The molecular formula is C15H20N2O2. The Morgan fingerprint density at radius 2 is 2.05 bits per heavy atom. The number of carbonyl (C=O) groups is 2. The van der Waals surface area contributed by atoms with Crippen LogP contribution in [0, 0.1) is 5.41 Å². The average Bonchev–Trinajstić information content (AvgIpc) is 2.40. The van der Waals surface area contributed by atoms with Crippen molar-refractivity contribution in [2.24, 2.45) is 5.41 Å². The Labute approximate surface area is 113 Å². The second kappa shape index (κ2) is 5.51. The van der Waals surface area contributed by atoms with Crippen molar-refractivity contribution < 1.29 is 9.59 Å². The van der Waals surface area contributed by atoms with Gasteiger partial charge in [-0.1, -0.05) is 13.8 Å². The number of carbonyl (C=O) groups excluding carboxylic acids is 2. The molecule has 102 valence electrons. The molecule has 1 saturated heterocycles. The van der Waals surface area contributed by atoms with Crippen LogP contribution in [-0.2, 0) is 16.0 Å². The largest absolute Gasteiger partial charge is 0.335 e. The highest BCUT2D eigenvalue weighted by Gasteiger charge is 2.35. The molecule has 1 fully saturated rings. The van der Waals surface area contributed by atoms with Gasteiger partial charge in [0.2, 0.25) is 5.91 Å². The molecule has 1 aromatic rings. The van der Waals surface area contributed by atoms with Gasteiger partial charge < -0.3 is 4.90 Å². The van der Waals surface area contributed by atoms with Crippen molar-refractivity contribution in [1.29, 1.82) is 0 Å². The van der Waals surface area contributed by atoms with Crippen LogP contribution >= 0.6 is 0 Å². The van der Waals surface area contributed by atoms with Crippen LogP contribution in [-0.4, -0.2) is 34.7 Å². The van der Waals surface area contributed by atoms with Crippen LogP contribution in [0.5, 0.6) is 0 Å². The van der Waals surface area contributed by atoms with E-state index < -0.39 is 0 Å². The third-order valence-corrected chi connectivity index (χ3v) is 3.83. The van der Waals surface area contributed by atoms with Gasteiger partial charge in [0.05, 0.1) is 6.54 Å².